The number of nitrogens with zero attached hydrogens (tertiary/aromatic N) is 3. The standard InChI is InChI=1S/C33H30N4O3/c1-32(2)17-27-29(28(38)18-32)33(25(19-34)30(35)37(27)22-13-15-23(40-3)16-14-22)24-11-7-8-12-26(24)36(31(33)39)20-21-9-5-4-6-10-21/h4-16H,17-18,20,35H2,1-3H3. The largest absolute Gasteiger partial charge is 0.497 e. The van der Waals surface area contributed by atoms with Crippen LogP contribution in [0.15, 0.2) is 102 Å². The van der Waals surface area contributed by atoms with E-state index >= 15 is 0 Å². The van der Waals surface area contributed by atoms with Crippen molar-refractivity contribution in [3.63, 3.8) is 0 Å². The molecule has 0 saturated carbocycles. The van der Waals surface area contributed by atoms with Crippen LogP contribution in [0.25, 0.3) is 0 Å². The number of para-hydroxylation sites is 1. The molecule has 0 radical (unpaired) electrons. The molecule has 1 spiro atoms. The average molecular weight is 531 g/mol. The molecule has 3 aromatic rings. The maximum atomic E-state index is 14.8. The Morgan fingerprint density at radius 2 is 1.62 bits per heavy atom. The molecular weight excluding hydrogens is 500 g/mol. The zero-order valence-electron chi connectivity index (χ0n) is 22.8. The Bertz CT molecular complexity index is 1650. The third-order valence-corrected chi connectivity index (χ3v) is 8.16. The molecule has 0 bridgehead atoms. The van der Waals surface area contributed by atoms with Gasteiger partial charge in [-0.2, -0.15) is 5.26 Å². The Balaban J connectivity index is 1.64. The number of methoxy groups -OCH3 is 1. The second-order valence-electron chi connectivity index (χ2n) is 11.3. The Morgan fingerprint density at radius 3 is 2.30 bits per heavy atom. The molecule has 2 aliphatic heterocycles. The van der Waals surface area contributed by atoms with Gasteiger partial charge in [0, 0.05) is 34.6 Å². The third-order valence-electron chi connectivity index (χ3n) is 8.16. The summed E-state index contributed by atoms with van der Waals surface area (Å²) in [6.07, 6.45) is 0.770. The number of fused-ring (bicyclic) bond motifs is 3. The van der Waals surface area contributed by atoms with Crippen LogP contribution in [0.5, 0.6) is 5.75 Å². The van der Waals surface area contributed by atoms with Crippen molar-refractivity contribution >= 4 is 23.1 Å². The molecule has 2 heterocycles. The summed E-state index contributed by atoms with van der Waals surface area (Å²) in [6, 6.07) is 26.8. The highest BCUT2D eigenvalue weighted by Crippen LogP contribution is 2.58. The van der Waals surface area contributed by atoms with E-state index in [2.05, 4.69) is 6.07 Å². The van der Waals surface area contributed by atoms with Crippen molar-refractivity contribution in [3.8, 4) is 11.8 Å². The van der Waals surface area contributed by atoms with Crippen molar-refractivity contribution in [1.82, 2.24) is 0 Å². The lowest BCUT2D eigenvalue weighted by atomic mass is 9.60. The van der Waals surface area contributed by atoms with Crippen LogP contribution in [-0.4, -0.2) is 18.8 Å². The van der Waals surface area contributed by atoms with Crippen molar-refractivity contribution in [3.05, 3.63) is 113 Å². The number of anilines is 2. The van der Waals surface area contributed by atoms with Gasteiger partial charge in [-0.25, -0.2) is 0 Å². The van der Waals surface area contributed by atoms with Crippen LogP contribution in [0.2, 0.25) is 0 Å². The van der Waals surface area contributed by atoms with E-state index in [0.29, 0.717) is 46.9 Å². The van der Waals surface area contributed by atoms with Crippen molar-refractivity contribution in [2.75, 3.05) is 16.9 Å². The van der Waals surface area contributed by atoms with E-state index in [4.69, 9.17) is 10.5 Å². The fraction of sp³-hybridized carbons (Fsp3) is 0.242. The summed E-state index contributed by atoms with van der Waals surface area (Å²) in [5, 5.41) is 10.7. The van der Waals surface area contributed by atoms with Crippen LogP contribution < -0.4 is 20.3 Å². The normalized spacial score (nSPS) is 21.4. The second kappa shape index (κ2) is 9.13. The summed E-state index contributed by atoms with van der Waals surface area (Å²) >= 11 is 0. The van der Waals surface area contributed by atoms with Gasteiger partial charge in [0.05, 0.1) is 19.2 Å². The van der Waals surface area contributed by atoms with E-state index in [0.717, 1.165) is 5.56 Å². The fourth-order valence-electron chi connectivity index (χ4n) is 6.51. The van der Waals surface area contributed by atoms with Gasteiger partial charge in [-0.3, -0.25) is 14.5 Å². The summed E-state index contributed by atoms with van der Waals surface area (Å²) in [4.78, 5) is 32.5. The van der Waals surface area contributed by atoms with Gasteiger partial charge in [0.25, 0.3) is 0 Å². The number of ether oxygens (including phenoxy) is 1. The minimum atomic E-state index is -1.61. The molecule has 0 fully saturated rings. The monoisotopic (exact) mass is 530 g/mol. The first-order valence-electron chi connectivity index (χ1n) is 13.3. The van der Waals surface area contributed by atoms with Crippen LogP contribution in [-0.2, 0) is 21.5 Å². The number of allylic oxidation sites excluding steroid dienone is 1. The molecule has 1 atom stereocenters. The van der Waals surface area contributed by atoms with E-state index < -0.39 is 5.41 Å². The Morgan fingerprint density at radius 1 is 0.950 bits per heavy atom. The SMILES string of the molecule is COc1ccc(N2C(N)=C(C#N)C3(C(=O)N(Cc4ccccc4)c4ccccc43)C3=C2CC(C)(C)CC3=O)cc1. The summed E-state index contributed by atoms with van der Waals surface area (Å²) in [7, 11) is 1.59. The minimum absolute atomic E-state index is 0.0723. The molecule has 1 unspecified atom stereocenters. The average Bonchev–Trinajstić information content (AvgIpc) is 3.17. The first-order valence-corrected chi connectivity index (χ1v) is 13.3. The number of carbonyl (C=O) groups excluding carboxylic acids is 2. The number of benzene rings is 3. The van der Waals surface area contributed by atoms with Crippen LogP contribution >= 0.6 is 0 Å². The quantitative estimate of drug-likeness (QED) is 0.489. The molecule has 40 heavy (non-hydrogen) atoms. The van der Waals surface area contributed by atoms with Gasteiger partial charge in [0.15, 0.2) is 5.78 Å². The van der Waals surface area contributed by atoms with Gasteiger partial charge in [-0.1, -0.05) is 62.4 Å². The highest BCUT2D eigenvalue weighted by Gasteiger charge is 2.63. The summed E-state index contributed by atoms with van der Waals surface area (Å²) < 4.78 is 5.34. The number of hydrogen-bond donors (Lipinski definition) is 1. The summed E-state index contributed by atoms with van der Waals surface area (Å²) in [6.45, 7) is 4.39. The summed E-state index contributed by atoms with van der Waals surface area (Å²) in [5.41, 5.74) is 8.92. The Hall–Kier alpha value is -4.83. The van der Waals surface area contributed by atoms with Crippen LogP contribution in [0.1, 0.15) is 37.8 Å². The molecule has 200 valence electrons. The van der Waals surface area contributed by atoms with Crippen molar-refractivity contribution in [2.24, 2.45) is 11.1 Å². The number of nitriles is 1. The van der Waals surface area contributed by atoms with E-state index in [-0.39, 0.29) is 34.9 Å². The number of amides is 1. The first kappa shape index (κ1) is 25.4. The highest BCUT2D eigenvalue weighted by atomic mass is 16.5. The Kier molecular flexibility index (Phi) is 5.81. The number of nitrogens with two attached hydrogens (primary N) is 1. The predicted molar refractivity (Wildman–Crippen MR) is 153 cm³/mol. The molecule has 0 aromatic heterocycles. The number of carbonyl (C=O) groups is 2. The first-order chi connectivity index (χ1) is 19.2. The molecule has 7 nitrogen and oxygen atoms in total. The lowest BCUT2D eigenvalue weighted by Gasteiger charge is -2.47. The van der Waals surface area contributed by atoms with E-state index in [1.54, 1.807) is 16.9 Å². The number of Topliss-reactive ketones (excluding diaryl/α,β-unsaturated/α-hetero) is 1. The minimum Gasteiger partial charge on any atom is -0.497 e. The van der Waals surface area contributed by atoms with E-state index in [1.807, 2.05) is 92.7 Å². The highest BCUT2D eigenvalue weighted by molar-refractivity contribution is 6.20. The molecule has 2 N–H and O–H groups in total. The molecule has 3 aliphatic rings. The maximum Gasteiger partial charge on any atom is 0.248 e. The van der Waals surface area contributed by atoms with Crippen LogP contribution in [0.3, 0.4) is 0 Å². The van der Waals surface area contributed by atoms with Crippen LogP contribution in [0, 0.1) is 16.7 Å². The number of rotatable bonds is 4. The topological polar surface area (TPSA) is 99.7 Å². The van der Waals surface area contributed by atoms with Crippen molar-refractivity contribution in [2.45, 2.75) is 38.6 Å². The van der Waals surface area contributed by atoms with Gasteiger partial charge >= 0.3 is 0 Å². The van der Waals surface area contributed by atoms with Crippen LogP contribution in [0.4, 0.5) is 11.4 Å². The van der Waals surface area contributed by atoms with Gasteiger partial charge < -0.3 is 15.4 Å². The fourth-order valence-corrected chi connectivity index (χ4v) is 6.51. The second-order valence-corrected chi connectivity index (χ2v) is 11.3. The lowest BCUT2D eigenvalue weighted by Crippen LogP contribution is -2.53. The molecular formula is C33H30N4O3. The molecule has 1 aliphatic carbocycles. The molecule has 1 amide bonds. The Labute approximate surface area is 233 Å². The molecule has 6 rings (SSSR count). The zero-order chi connectivity index (χ0) is 28.2. The molecule has 3 aromatic carbocycles. The van der Waals surface area contributed by atoms with E-state index in [9.17, 15) is 14.9 Å². The molecule has 0 saturated heterocycles. The maximum absolute atomic E-state index is 14.8. The van der Waals surface area contributed by atoms with Crippen molar-refractivity contribution < 1.29 is 14.3 Å². The van der Waals surface area contributed by atoms with Gasteiger partial charge in [-0.15, -0.1) is 0 Å². The zero-order valence-corrected chi connectivity index (χ0v) is 22.8. The van der Waals surface area contributed by atoms with Crippen molar-refractivity contribution in [1.29, 1.82) is 5.26 Å². The number of hydrogen-bond acceptors (Lipinski definition) is 6. The lowest BCUT2D eigenvalue weighted by molar-refractivity contribution is -0.125. The predicted octanol–water partition coefficient (Wildman–Crippen LogP) is 5.34. The summed E-state index contributed by atoms with van der Waals surface area (Å²) in [5.74, 6) is 0.356. The molecule has 7 heteroatoms. The van der Waals surface area contributed by atoms with Gasteiger partial charge in [0.1, 0.15) is 23.1 Å². The van der Waals surface area contributed by atoms with Gasteiger partial charge in [0.2, 0.25) is 5.91 Å². The smallest absolute Gasteiger partial charge is 0.248 e. The van der Waals surface area contributed by atoms with E-state index in [1.165, 1.54) is 0 Å². The van der Waals surface area contributed by atoms with Gasteiger partial charge in [-0.05, 0) is 47.7 Å². The third kappa shape index (κ3) is 3.56. The number of ketones is 1.